The van der Waals surface area contributed by atoms with Crippen molar-refractivity contribution in [2.75, 3.05) is 13.2 Å². The molecular weight excluding hydrogens is 202 g/mol. The average molecular weight is 219 g/mol. The van der Waals surface area contributed by atoms with E-state index in [0.717, 1.165) is 13.0 Å². The van der Waals surface area contributed by atoms with Crippen LogP contribution in [0.4, 0.5) is 0 Å². The summed E-state index contributed by atoms with van der Waals surface area (Å²) in [7, 11) is 0. The van der Waals surface area contributed by atoms with Crippen LogP contribution >= 0.6 is 0 Å². The Hall–Kier alpha value is -1.35. The van der Waals surface area contributed by atoms with Crippen LogP contribution in [0.3, 0.4) is 0 Å². The Bertz CT molecular complexity index is 350. The third-order valence-corrected chi connectivity index (χ3v) is 2.99. The van der Waals surface area contributed by atoms with E-state index in [-0.39, 0.29) is 17.9 Å². The molecule has 1 saturated heterocycles. The van der Waals surface area contributed by atoms with E-state index >= 15 is 0 Å². The molecule has 1 aromatic carbocycles. The topological polar surface area (TPSA) is 38.3 Å². The molecule has 3 heteroatoms. The Kier molecular flexibility index (Phi) is 3.57. The van der Waals surface area contributed by atoms with E-state index in [2.05, 4.69) is 17.4 Å². The van der Waals surface area contributed by atoms with Gasteiger partial charge in [-0.25, -0.2) is 0 Å². The van der Waals surface area contributed by atoms with Crippen LogP contribution in [0.5, 0.6) is 0 Å². The molecule has 2 rings (SSSR count). The molecule has 1 aromatic rings. The first-order chi connectivity index (χ1) is 7.83. The van der Waals surface area contributed by atoms with Gasteiger partial charge < -0.3 is 10.1 Å². The van der Waals surface area contributed by atoms with Gasteiger partial charge in [0, 0.05) is 5.92 Å². The Morgan fingerprint density at radius 1 is 1.44 bits per heavy atom. The first-order valence-electron chi connectivity index (χ1n) is 5.78. The fourth-order valence-electron chi connectivity index (χ4n) is 2.24. The van der Waals surface area contributed by atoms with Crippen molar-refractivity contribution < 1.29 is 9.53 Å². The van der Waals surface area contributed by atoms with Crippen molar-refractivity contribution in [3.63, 3.8) is 0 Å². The molecule has 0 spiro atoms. The van der Waals surface area contributed by atoms with Gasteiger partial charge in [0.25, 0.3) is 0 Å². The van der Waals surface area contributed by atoms with E-state index in [0.29, 0.717) is 6.61 Å². The number of rotatable bonds is 3. The number of hydrogen-bond donors (Lipinski definition) is 1. The van der Waals surface area contributed by atoms with Crippen LogP contribution in [0.15, 0.2) is 30.3 Å². The number of nitrogens with one attached hydrogen (secondary N) is 1. The molecule has 1 N–H and O–H groups in total. The SMILES string of the molecule is CCOC(=O)C1NCCC1c1ccccc1. The van der Waals surface area contributed by atoms with Crippen molar-refractivity contribution >= 4 is 5.97 Å². The summed E-state index contributed by atoms with van der Waals surface area (Å²) < 4.78 is 5.08. The van der Waals surface area contributed by atoms with Gasteiger partial charge in [0.2, 0.25) is 0 Å². The summed E-state index contributed by atoms with van der Waals surface area (Å²) in [4.78, 5) is 11.7. The fourth-order valence-corrected chi connectivity index (χ4v) is 2.24. The molecule has 0 bridgehead atoms. The van der Waals surface area contributed by atoms with Crippen molar-refractivity contribution in [1.82, 2.24) is 5.32 Å². The highest BCUT2D eigenvalue weighted by atomic mass is 16.5. The molecule has 86 valence electrons. The summed E-state index contributed by atoms with van der Waals surface area (Å²) in [6.45, 7) is 3.16. The van der Waals surface area contributed by atoms with Crippen molar-refractivity contribution in [2.24, 2.45) is 0 Å². The number of carbonyl (C=O) groups is 1. The van der Waals surface area contributed by atoms with Gasteiger partial charge in [0.1, 0.15) is 6.04 Å². The second kappa shape index (κ2) is 5.12. The van der Waals surface area contributed by atoms with Gasteiger partial charge in [-0.15, -0.1) is 0 Å². The first-order valence-corrected chi connectivity index (χ1v) is 5.78. The second-order valence-electron chi connectivity index (χ2n) is 3.99. The highest BCUT2D eigenvalue weighted by Crippen LogP contribution is 2.28. The third kappa shape index (κ3) is 2.25. The minimum atomic E-state index is -0.178. The molecule has 16 heavy (non-hydrogen) atoms. The lowest BCUT2D eigenvalue weighted by Gasteiger charge is -2.18. The predicted molar refractivity (Wildman–Crippen MR) is 62.2 cm³/mol. The molecule has 1 aliphatic rings. The molecule has 1 fully saturated rings. The molecular formula is C13H17NO2. The maximum Gasteiger partial charge on any atom is 0.323 e. The zero-order valence-corrected chi connectivity index (χ0v) is 9.48. The van der Waals surface area contributed by atoms with Crippen LogP contribution in [-0.4, -0.2) is 25.2 Å². The van der Waals surface area contributed by atoms with Crippen LogP contribution < -0.4 is 5.32 Å². The molecule has 0 amide bonds. The smallest absolute Gasteiger partial charge is 0.323 e. The zero-order chi connectivity index (χ0) is 11.4. The van der Waals surface area contributed by atoms with Crippen LogP contribution in [-0.2, 0) is 9.53 Å². The van der Waals surface area contributed by atoms with Gasteiger partial charge in [-0.05, 0) is 25.5 Å². The van der Waals surface area contributed by atoms with Gasteiger partial charge in [-0.2, -0.15) is 0 Å². The van der Waals surface area contributed by atoms with Gasteiger partial charge >= 0.3 is 5.97 Å². The molecule has 0 aromatic heterocycles. The molecule has 3 nitrogen and oxygen atoms in total. The summed E-state index contributed by atoms with van der Waals surface area (Å²) in [5, 5.41) is 3.22. The van der Waals surface area contributed by atoms with Crippen LogP contribution in [0, 0.1) is 0 Å². The molecule has 0 radical (unpaired) electrons. The summed E-state index contributed by atoms with van der Waals surface area (Å²) in [6, 6.07) is 9.98. The Balaban J connectivity index is 2.12. The van der Waals surface area contributed by atoms with Crippen LogP contribution in [0.1, 0.15) is 24.8 Å². The van der Waals surface area contributed by atoms with Gasteiger partial charge in [-0.1, -0.05) is 30.3 Å². The highest BCUT2D eigenvalue weighted by molar-refractivity contribution is 5.77. The van der Waals surface area contributed by atoms with Crippen molar-refractivity contribution in [2.45, 2.75) is 25.3 Å². The van der Waals surface area contributed by atoms with Crippen molar-refractivity contribution in [3.8, 4) is 0 Å². The van der Waals surface area contributed by atoms with Crippen LogP contribution in [0.2, 0.25) is 0 Å². The maximum atomic E-state index is 11.7. The lowest BCUT2D eigenvalue weighted by Crippen LogP contribution is -2.36. The number of carbonyl (C=O) groups excluding carboxylic acids is 1. The lowest BCUT2D eigenvalue weighted by molar-refractivity contribution is -0.145. The summed E-state index contributed by atoms with van der Waals surface area (Å²) >= 11 is 0. The molecule has 2 atom stereocenters. The third-order valence-electron chi connectivity index (χ3n) is 2.99. The molecule has 0 aliphatic carbocycles. The summed E-state index contributed by atoms with van der Waals surface area (Å²) in [5.74, 6) is 0.120. The molecule has 2 unspecified atom stereocenters. The zero-order valence-electron chi connectivity index (χ0n) is 9.48. The Morgan fingerprint density at radius 2 is 2.19 bits per heavy atom. The molecule has 1 heterocycles. The number of esters is 1. The Labute approximate surface area is 95.8 Å². The maximum absolute atomic E-state index is 11.7. The summed E-state index contributed by atoms with van der Waals surface area (Å²) in [6.07, 6.45) is 0.994. The van der Waals surface area contributed by atoms with Gasteiger partial charge in [-0.3, -0.25) is 4.79 Å². The van der Waals surface area contributed by atoms with E-state index in [1.54, 1.807) is 0 Å². The molecule has 1 aliphatic heterocycles. The minimum Gasteiger partial charge on any atom is -0.465 e. The predicted octanol–water partition coefficient (Wildman–Crippen LogP) is 1.70. The lowest BCUT2D eigenvalue weighted by atomic mass is 9.92. The van der Waals surface area contributed by atoms with E-state index in [1.165, 1.54) is 5.56 Å². The minimum absolute atomic E-state index is 0.131. The van der Waals surface area contributed by atoms with E-state index < -0.39 is 0 Å². The van der Waals surface area contributed by atoms with Gasteiger partial charge in [0.15, 0.2) is 0 Å². The average Bonchev–Trinajstić information content (AvgIpc) is 2.79. The monoisotopic (exact) mass is 219 g/mol. The fraction of sp³-hybridized carbons (Fsp3) is 0.462. The summed E-state index contributed by atoms with van der Waals surface area (Å²) in [5.41, 5.74) is 1.21. The van der Waals surface area contributed by atoms with Crippen molar-refractivity contribution in [1.29, 1.82) is 0 Å². The number of hydrogen-bond acceptors (Lipinski definition) is 3. The largest absolute Gasteiger partial charge is 0.465 e. The standard InChI is InChI=1S/C13H17NO2/c1-2-16-13(15)12-11(8-9-14-12)10-6-4-3-5-7-10/h3-7,11-12,14H,2,8-9H2,1H3. The van der Waals surface area contributed by atoms with Gasteiger partial charge in [0.05, 0.1) is 6.61 Å². The first kappa shape index (κ1) is 11.1. The Morgan fingerprint density at radius 3 is 2.88 bits per heavy atom. The van der Waals surface area contributed by atoms with E-state index in [1.807, 2.05) is 25.1 Å². The van der Waals surface area contributed by atoms with Crippen molar-refractivity contribution in [3.05, 3.63) is 35.9 Å². The second-order valence-corrected chi connectivity index (χ2v) is 3.99. The quantitative estimate of drug-likeness (QED) is 0.786. The van der Waals surface area contributed by atoms with E-state index in [9.17, 15) is 4.79 Å². The number of ether oxygens (including phenoxy) is 1. The highest BCUT2D eigenvalue weighted by Gasteiger charge is 2.34. The normalized spacial score (nSPS) is 24.3. The van der Waals surface area contributed by atoms with Crippen LogP contribution in [0.25, 0.3) is 0 Å². The number of benzene rings is 1. The molecule has 0 saturated carbocycles. The van der Waals surface area contributed by atoms with E-state index in [4.69, 9.17) is 4.74 Å².